The summed E-state index contributed by atoms with van der Waals surface area (Å²) in [6.45, 7) is 8.24. The predicted octanol–water partition coefficient (Wildman–Crippen LogP) is 0.727. The highest BCUT2D eigenvalue weighted by atomic mass is 16.5. The lowest BCUT2D eigenvalue weighted by atomic mass is 10.1. The summed E-state index contributed by atoms with van der Waals surface area (Å²) in [5.41, 5.74) is 1.15. The fourth-order valence-electron chi connectivity index (χ4n) is 3.89. The molecule has 2 aliphatic rings. The van der Waals surface area contributed by atoms with Crippen molar-refractivity contribution in [2.24, 2.45) is 4.99 Å². The highest BCUT2D eigenvalue weighted by molar-refractivity contribution is 5.80. The van der Waals surface area contributed by atoms with Gasteiger partial charge in [0.05, 0.1) is 26.9 Å². The van der Waals surface area contributed by atoms with Gasteiger partial charge in [-0.2, -0.15) is 0 Å². The minimum atomic E-state index is 0.215. The molecular formula is C21H35N5O3. The summed E-state index contributed by atoms with van der Waals surface area (Å²) >= 11 is 0. The van der Waals surface area contributed by atoms with Gasteiger partial charge in [0.25, 0.3) is 0 Å². The summed E-state index contributed by atoms with van der Waals surface area (Å²) in [5, 5.41) is 3.50. The highest BCUT2D eigenvalue weighted by Gasteiger charge is 2.23. The number of nitrogens with zero attached hydrogens (tertiary/aromatic N) is 4. The molecule has 0 radical (unpaired) electrons. The Morgan fingerprint density at radius 3 is 2.62 bits per heavy atom. The van der Waals surface area contributed by atoms with Gasteiger partial charge in [0, 0.05) is 65.0 Å². The first kappa shape index (κ1) is 21.7. The molecule has 0 saturated carbocycles. The molecule has 2 fully saturated rings. The third kappa shape index (κ3) is 5.98. The summed E-state index contributed by atoms with van der Waals surface area (Å²) in [6.07, 6.45) is 0.215. The maximum atomic E-state index is 5.85. The van der Waals surface area contributed by atoms with Gasteiger partial charge in [0.2, 0.25) is 0 Å². The summed E-state index contributed by atoms with van der Waals surface area (Å²) in [5.74, 6) is 2.73. The third-order valence-electron chi connectivity index (χ3n) is 5.59. The number of ether oxygens (including phenoxy) is 3. The van der Waals surface area contributed by atoms with Crippen LogP contribution in [0.4, 0.5) is 0 Å². The van der Waals surface area contributed by atoms with Gasteiger partial charge >= 0.3 is 0 Å². The standard InChI is InChI=1S/C21H35N5O3/c1-22-21(23-14-19-16-24(2)11-12-29-19)26-9-7-25(8-10-26)15-17-13-18(27-3)5-6-20(17)28-4/h5-6,13,19H,7-12,14-16H2,1-4H3,(H,22,23). The Hall–Kier alpha value is -2.03. The second-order valence-electron chi connectivity index (χ2n) is 7.62. The number of methoxy groups -OCH3 is 2. The number of piperazine rings is 1. The zero-order valence-electron chi connectivity index (χ0n) is 18.2. The molecule has 162 valence electrons. The number of rotatable bonds is 6. The number of benzene rings is 1. The van der Waals surface area contributed by atoms with E-state index in [1.54, 1.807) is 14.2 Å². The number of aliphatic imine (C=N–C) groups is 1. The van der Waals surface area contributed by atoms with E-state index in [9.17, 15) is 0 Å². The van der Waals surface area contributed by atoms with E-state index in [1.807, 2.05) is 19.2 Å². The lowest BCUT2D eigenvalue weighted by Crippen LogP contribution is -2.54. The van der Waals surface area contributed by atoms with E-state index in [0.717, 1.165) is 82.0 Å². The molecule has 0 aromatic heterocycles. The van der Waals surface area contributed by atoms with Gasteiger partial charge in [-0.25, -0.2) is 0 Å². The predicted molar refractivity (Wildman–Crippen MR) is 115 cm³/mol. The Morgan fingerprint density at radius 1 is 1.17 bits per heavy atom. The Labute approximate surface area is 174 Å². The molecule has 0 spiro atoms. The van der Waals surface area contributed by atoms with Crippen LogP contribution in [0, 0.1) is 0 Å². The van der Waals surface area contributed by atoms with E-state index in [-0.39, 0.29) is 6.10 Å². The molecular weight excluding hydrogens is 370 g/mol. The van der Waals surface area contributed by atoms with E-state index >= 15 is 0 Å². The van der Waals surface area contributed by atoms with Crippen molar-refractivity contribution in [3.63, 3.8) is 0 Å². The van der Waals surface area contributed by atoms with Crippen molar-refractivity contribution in [2.75, 3.05) is 80.7 Å². The fraction of sp³-hybridized carbons (Fsp3) is 0.667. The number of nitrogens with one attached hydrogen (secondary N) is 1. The average Bonchev–Trinajstić information content (AvgIpc) is 2.75. The lowest BCUT2D eigenvalue weighted by Gasteiger charge is -2.37. The van der Waals surface area contributed by atoms with E-state index in [1.165, 1.54) is 0 Å². The maximum Gasteiger partial charge on any atom is 0.193 e. The van der Waals surface area contributed by atoms with E-state index in [0.29, 0.717) is 0 Å². The van der Waals surface area contributed by atoms with Gasteiger partial charge in [-0.3, -0.25) is 9.89 Å². The Kier molecular flexibility index (Phi) is 7.97. The molecule has 0 aliphatic carbocycles. The van der Waals surface area contributed by atoms with Crippen LogP contribution in [0.5, 0.6) is 11.5 Å². The van der Waals surface area contributed by atoms with Crippen LogP contribution in [0.2, 0.25) is 0 Å². The first-order valence-electron chi connectivity index (χ1n) is 10.3. The van der Waals surface area contributed by atoms with E-state index in [4.69, 9.17) is 14.2 Å². The van der Waals surface area contributed by atoms with Crippen LogP contribution >= 0.6 is 0 Å². The van der Waals surface area contributed by atoms with Crippen LogP contribution in [0.3, 0.4) is 0 Å². The van der Waals surface area contributed by atoms with Crippen molar-refractivity contribution in [1.82, 2.24) is 20.0 Å². The Bertz CT molecular complexity index is 676. The lowest BCUT2D eigenvalue weighted by molar-refractivity contribution is -0.0164. The Balaban J connectivity index is 1.49. The average molecular weight is 406 g/mol. The van der Waals surface area contributed by atoms with E-state index < -0.39 is 0 Å². The normalized spacial score (nSPS) is 21.9. The van der Waals surface area contributed by atoms with Crippen LogP contribution in [-0.2, 0) is 11.3 Å². The first-order valence-corrected chi connectivity index (χ1v) is 10.3. The van der Waals surface area contributed by atoms with Crippen LogP contribution in [0.25, 0.3) is 0 Å². The molecule has 2 saturated heterocycles. The van der Waals surface area contributed by atoms with Crippen LogP contribution in [0.1, 0.15) is 5.56 Å². The summed E-state index contributed by atoms with van der Waals surface area (Å²) in [7, 11) is 7.40. The quantitative estimate of drug-likeness (QED) is 0.553. The molecule has 0 bridgehead atoms. The molecule has 2 aliphatic heterocycles. The van der Waals surface area contributed by atoms with Gasteiger partial charge in [-0.1, -0.05) is 0 Å². The SMILES string of the molecule is CN=C(NCC1CN(C)CCO1)N1CCN(Cc2cc(OC)ccc2OC)CC1. The van der Waals surface area contributed by atoms with Crippen LogP contribution < -0.4 is 14.8 Å². The van der Waals surface area contributed by atoms with Crippen LogP contribution in [0.15, 0.2) is 23.2 Å². The van der Waals surface area contributed by atoms with Gasteiger partial charge in [-0.05, 0) is 25.2 Å². The van der Waals surface area contributed by atoms with Crippen molar-refractivity contribution in [3.8, 4) is 11.5 Å². The van der Waals surface area contributed by atoms with Gasteiger partial charge in [-0.15, -0.1) is 0 Å². The number of morpholine rings is 1. The molecule has 3 rings (SSSR count). The van der Waals surface area contributed by atoms with Crippen molar-refractivity contribution in [2.45, 2.75) is 12.6 Å². The molecule has 1 aromatic carbocycles. The molecule has 1 aromatic rings. The summed E-state index contributed by atoms with van der Waals surface area (Å²) in [6, 6.07) is 5.97. The number of hydrogen-bond acceptors (Lipinski definition) is 6. The Morgan fingerprint density at radius 2 is 1.97 bits per heavy atom. The second-order valence-corrected chi connectivity index (χ2v) is 7.62. The first-order chi connectivity index (χ1) is 14.1. The zero-order chi connectivity index (χ0) is 20.6. The molecule has 8 heteroatoms. The number of likely N-dealkylation sites (N-methyl/N-ethyl adjacent to an activating group) is 1. The van der Waals surface area contributed by atoms with E-state index in [2.05, 4.69) is 38.1 Å². The smallest absolute Gasteiger partial charge is 0.193 e. The second kappa shape index (κ2) is 10.7. The van der Waals surface area contributed by atoms with Crippen molar-refractivity contribution in [1.29, 1.82) is 0 Å². The molecule has 1 atom stereocenters. The van der Waals surface area contributed by atoms with Crippen molar-refractivity contribution in [3.05, 3.63) is 23.8 Å². The van der Waals surface area contributed by atoms with Crippen molar-refractivity contribution >= 4 is 5.96 Å². The van der Waals surface area contributed by atoms with Gasteiger partial charge in [0.15, 0.2) is 5.96 Å². The minimum Gasteiger partial charge on any atom is -0.497 e. The number of guanidine groups is 1. The molecule has 1 unspecified atom stereocenters. The molecule has 2 heterocycles. The van der Waals surface area contributed by atoms with Crippen LogP contribution in [-0.4, -0.2) is 107 Å². The molecule has 8 nitrogen and oxygen atoms in total. The topological polar surface area (TPSA) is 61.8 Å². The fourth-order valence-corrected chi connectivity index (χ4v) is 3.89. The zero-order valence-corrected chi connectivity index (χ0v) is 18.2. The van der Waals surface area contributed by atoms with Crippen molar-refractivity contribution < 1.29 is 14.2 Å². The maximum absolute atomic E-state index is 5.85. The highest BCUT2D eigenvalue weighted by Crippen LogP contribution is 2.25. The summed E-state index contributed by atoms with van der Waals surface area (Å²) in [4.78, 5) is 11.6. The summed E-state index contributed by atoms with van der Waals surface area (Å²) < 4.78 is 16.7. The molecule has 29 heavy (non-hydrogen) atoms. The minimum absolute atomic E-state index is 0.215. The third-order valence-corrected chi connectivity index (χ3v) is 5.59. The monoisotopic (exact) mass is 405 g/mol. The molecule has 1 N–H and O–H groups in total. The van der Waals surface area contributed by atoms with Gasteiger partial charge < -0.3 is 29.3 Å². The number of hydrogen-bond donors (Lipinski definition) is 1. The van der Waals surface area contributed by atoms with Gasteiger partial charge in [0.1, 0.15) is 11.5 Å². The molecule has 0 amide bonds. The largest absolute Gasteiger partial charge is 0.497 e.